The van der Waals surface area contributed by atoms with Crippen molar-refractivity contribution in [2.75, 3.05) is 6.61 Å². The zero-order valence-corrected chi connectivity index (χ0v) is 25.4. The van der Waals surface area contributed by atoms with Crippen LogP contribution in [0.5, 0.6) is 0 Å². The fourth-order valence-electron chi connectivity index (χ4n) is 10.9. The molecule has 0 heterocycles. The number of nitrogens with one attached hydrogen (secondary N) is 1. The number of aliphatic hydroxyl groups excluding tert-OH is 2. The van der Waals surface area contributed by atoms with Crippen LogP contribution in [0.3, 0.4) is 0 Å². The van der Waals surface area contributed by atoms with Gasteiger partial charge in [-0.05, 0) is 110 Å². The van der Waals surface area contributed by atoms with E-state index in [0.29, 0.717) is 36.5 Å². The van der Waals surface area contributed by atoms with Crippen LogP contribution in [0, 0.1) is 52.3 Å². The van der Waals surface area contributed by atoms with Crippen molar-refractivity contribution in [2.24, 2.45) is 52.3 Å². The molecule has 11 atom stereocenters. The normalized spacial score (nSPS) is 45.5. The summed E-state index contributed by atoms with van der Waals surface area (Å²) in [5, 5.41) is 21.9. The summed E-state index contributed by atoms with van der Waals surface area (Å²) in [6.45, 7) is 9.42. The zero-order valence-electron chi connectivity index (χ0n) is 24.6. The molecule has 4 unspecified atom stereocenters. The Bertz CT molecular complexity index is 997. The quantitative estimate of drug-likeness (QED) is 0.383. The van der Waals surface area contributed by atoms with E-state index < -0.39 is 21.4 Å². The van der Waals surface area contributed by atoms with Crippen molar-refractivity contribution >= 4 is 16.1 Å². The second kappa shape index (κ2) is 11.1. The van der Waals surface area contributed by atoms with Crippen LogP contribution in [0.4, 0.5) is 4.79 Å². The summed E-state index contributed by atoms with van der Waals surface area (Å²) in [5.41, 5.74) is 0.255. The van der Waals surface area contributed by atoms with Crippen molar-refractivity contribution in [1.82, 2.24) is 4.72 Å². The summed E-state index contributed by atoms with van der Waals surface area (Å²) in [7, 11) is -3.70. The fourth-order valence-corrected chi connectivity index (χ4v) is 12.3. The van der Waals surface area contributed by atoms with Crippen LogP contribution >= 0.6 is 0 Å². The minimum atomic E-state index is -3.70. The smallest absolute Gasteiger partial charge is 0.420 e. The van der Waals surface area contributed by atoms with Gasteiger partial charge in [0, 0.05) is 0 Å². The van der Waals surface area contributed by atoms with Crippen molar-refractivity contribution in [3.63, 3.8) is 0 Å². The summed E-state index contributed by atoms with van der Waals surface area (Å²) in [6, 6.07) is 0. The molecule has 0 aromatic heterocycles. The molecule has 7 nitrogen and oxygen atoms in total. The number of rotatable bonds is 6. The van der Waals surface area contributed by atoms with Crippen molar-refractivity contribution in [2.45, 2.75) is 129 Å². The molecule has 0 radical (unpaired) electrons. The summed E-state index contributed by atoms with van der Waals surface area (Å²) in [6.07, 6.45) is 10.7. The Morgan fingerprint density at radius 1 is 0.949 bits per heavy atom. The molecule has 0 aromatic rings. The number of ether oxygens (including phenoxy) is 1. The fraction of sp³-hybridized carbons (Fsp3) is 0.968. The molecule has 3 N–H and O–H groups in total. The lowest BCUT2D eigenvalue weighted by Crippen LogP contribution is -2.62. The minimum Gasteiger partial charge on any atom is -0.449 e. The van der Waals surface area contributed by atoms with Crippen LogP contribution in [0.25, 0.3) is 0 Å². The lowest BCUT2D eigenvalue weighted by Gasteiger charge is -2.64. The SMILES string of the molecule is CC[C@@H]1C2C[C@H](O)CCC2(C)[C@H]2CCC3(C)[C@@H]([C@H](C)COC(=O)NS(=O)(=O)C4CCCCC4)CC[C@H]3C2[C@@H]1O. The maximum atomic E-state index is 12.6. The number of hydrogen-bond acceptors (Lipinski definition) is 6. The zero-order chi connectivity index (χ0) is 28.2. The Kier molecular flexibility index (Phi) is 8.42. The predicted octanol–water partition coefficient (Wildman–Crippen LogP) is 5.64. The van der Waals surface area contributed by atoms with Crippen molar-refractivity contribution in [3.05, 3.63) is 0 Å². The second-order valence-corrected chi connectivity index (χ2v) is 16.6. The van der Waals surface area contributed by atoms with Gasteiger partial charge in [-0.25, -0.2) is 17.9 Å². The number of carbonyl (C=O) groups excluding carboxylic acids is 1. The van der Waals surface area contributed by atoms with Gasteiger partial charge in [0.15, 0.2) is 0 Å². The molecule has 0 bridgehead atoms. The Morgan fingerprint density at radius 2 is 1.62 bits per heavy atom. The van der Waals surface area contributed by atoms with Gasteiger partial charge in [0.1, 0.15) is 0 Å². The van der Waals surface area contributed by atoms with E-state index in [1.54, 1.807) is 0 Å². The van der Waals surface area contributed by atoms with Gasteiger partial charge in [0.05, 0.1) is 24.1 Å². The van der Waals surface area contributed by atoms with E-state index in [-0.39, 0.29) is 47.4 Å². The highest BCUT2D eigenvalue weighted by Crippen LogP contribution is 2.69. The molecule has 0 aromatic carbocycles. The molecular weight excluding hydrogens is 514 g/mol. The van der Waals surface area contributed by atoms with Gasteiger partial charge in [-0.1, -0.05) is 53.4 Å². The van der Waals surface area contributed by atoms with E-state index in [1.807, 2.05) is 0 Å². The van der Waals surface area contributed by atoms with Gasteiger partial charge in [-0.3, -0.25) is 0 Å². The maximum absolute atomic E-state index is 12.6. The van der Waals surface area contributed by atoms with E-state index in [4.69, 9.17) is 4.74 Å². The second-order valence-electron chi connectivity index (χ2n) is 14.6. The first kappa shape index (κ1) is 29.6. The maximum Gasteiger partial charge on any atom is 0.420 e. The largest absolute Gasteiger partial charge is 0.449 e. The molecule has 5 rings (SSSR count). The molecular formula is C31H53NO6S. The summed E-state index contributed by atoms with van der Waals surface area (Å²) in [5.74, 6) is 2.34. The third-order valence-electron chi connectivity index (χ3n) is 12.8. The monoisotopic (exact) mass is 567 g/mol. The van der Waals surface area contributed by atoms with Gasteiger partial charge in [-0.15, -0.1) is 0 Å². The number of aliphatic hydroxyl groups is 2. The lowest BCUT2D eigenvalue weighted by molar-refractivity contribution is -0.203. The number of sulfonamides is 1. The highest BCUT2D eigenvalue weighted by atomic mass is 32.2. The van der Waals surface area contributed by atoms with E-state index >= 15 is 0 Å². The number of fused-ring (bicyclic) bond motifs is 5. The molecule has 5 aliphatic rings. The highest BCUT2D eigenvalue weighted by Gasteiger charge is 2.64. The number of carbonyl (C=O) groups is 1. The molecule has 5 aliphatic carbocycles. The molecule has 5 fully saturated rings. The van der Waals surface area contributed by atoms with Gasteiger partial charge >= 0.3 is 6.09 Å². The third kappa shape index (κ3) is 5.17. The van der Waals surface area contributed by atoms with Crippen LogP contribution in [-0.2, 0) is 14.8 Å². The highest BCUT2D eigenvalue weighted by molar-refractivity contribution is 7.90. The Labute approximate surface area is 236 Å². The molecule has 0 spiro atoms. The lowest BCUT2D eigenvalue weighted by atomic mass is 9.41. The standard InChI is InChI=1S/C31H53NO6S/c1-5-22-26-17-20(33)13-15-31(26,4)25-14-16-30(3)23(11-12-24(30)27(25)28(22)34)19(2)18-38-29(35)32-39(36,37)21-9-7-6-8-10-21/h19-28,33-34H,5-18H2,1-4H3,(H,32,35)/t19-,20-,22-,23-,24+,25+,26?,27?,28-,30?,31?/m1/s1. The van der Waals surface area contributed by atoms with Crippen molar-refractivity contribution < 1.29 is 28.2 Å². The summed E-state index contributed by atoms with van der Waals surface area (Å²) in [4.78, 5) is 12.5. The molecule has 8 heteroatoms. The van der Waals surface area contributed by atoms with Crippen LogP contribution in [0.1, 0.15) is 111 Å². The first-order valence-electron chi connectivity index (χ1n) is 16.0. The third-order valence-corrected chi connectivity index (χ3v) is 14.6. The first-order valence-corrected chi connectivity index (χ1v) is 17.5. The molecule has 39 heavy (non-hydrogen) atoms. The van der Waals surface area contributed by atoms with Crippen LogP contribution < -0.4 is 4.72 Å². The Hall–Kier alpha value is -0.860. The minimum absolute atomic E-state index is 0.0746. The molecule has 224 valence electrons. The Balaban J connectivity index is 1.25. The van der Waals surface area contributed by atoms with Crippen molar-refractivity contribution in [1.29, 1.82) is 0 Å². The molecule has 1 amide bonds. The van der Waals surface area contributed by atoms with Crippen LogP contribution in [0.2, 0.25) is 0 Å². The van der Waals surface area contributed by atoms with Crippen LogP contribution in [-0.4, -0.2) is 48.8 Å². The predicted molar refractivity (Wildman–Crippen MR) is 151 cm³/mol. The first-order chi connectivity index (χ1) is 18.4. The number of amides is 1. The number of hydrogen-bond donors (Lipinski definition) is 3. The summed E-state index contributed by atoms with van der Waals surface area (Å²) < 4.78 is 33.0. The van der Waals surface area contributed by atoms with Gasteiger partial charge in [0.25, 0.3) is 0 Å². The van der Waals surface area contributed by atoms with Crippen LogP contribution in [0.15, 0.2) is 0 Å². The average molecular weight is 568 g/mol. The van der Waals surface area contributed by atoms with Gasteiger partial charge in [0.2, 0.25) is 10.0 Å². The molecule has 0 aliphatic heterocycles. The summed E-state index contributed by atoms with van der Waals surface area (Å²) >= 11 is 0. The molecule has 0 saturated heterocycles. The van der Waals surface area contributed by atoms with Gasteiger partial charge < -0.3 is 14.9 Å². The van der Waals surface area contributed by atoms with E-state index in [9.17, 15) is 23.4 Å². The van der Waals surface area contributed by atoms with Crippen molar-refractivity contribution in [3.8, 4) is 0 Å². The molecule has 5 saturated carbocycles. The Morgan fingerprint density at radius 3 is 2.31 bits per heavy atom. The van der Waals surface area contributed by atoms with Gasteiger partial charge in [-0.2, -0.15) is 0 Å². The van der Waals surface area contributed by atoms with E-state index in [1.165, 1.54) is 0 Å². The average Bonchev–Trinajstić information content (AvgIpc) is 3.26. The van der Waals surface area contributed by atoms with E-state index in [2.05, 4.69) is 32.4 Å². The van der Waals surface area contributed by atoms with E-state index in [0.717, 1.165) is 70.6 Å². The topological polar surface area (TPSA) is 113 Å².